The molecule has 1 aromatic rings. The highest BCUT2D eigenvalue weighted by molar-refractivity contribution is 5.31. The molecule has 0 aliphatic heterocycles. The van der Waals surface area contributed by atoms with Crippen molar-refractivity contribution in [3.63, 3.8) is 0 Å². The molecule has 1 fully saturated rings. The zero-order valence-corrected chi connectivity index (χ0v) is 13.3. The minimum atomic E-state index is -0.646. The molecule has 0 bridgehead atoms. The van der Waals surface area contributed by atoms with Crippen LogP contribution in [-0.4, -0.2) is 12.2 Å². The summed E-state index contributed by atoms with van der Waals surface area (Å²) in [7, 11) is 1.67. The van der Waals surface area contributed by atoms with Gasteiger partial charge < -0.3 is 9.84 Å². The molecule has 0 saturated heterocycles. The molecular weight excluding hydrogens is 248 g/mol. The average molecular weight is 276 g/mol. The van der Waals surface area contributed by atoms with Crippen LogP contribution in [0.2, 0.25) is 0 Å². The Morgan fingerprint density at radius 3 is 2.20 bits per heavy atom. The predicted octanol–water partition coefficient (Wildman–Crippen LogP) is 4.51. The fraction of sp³-hybridized carbons (Fsp3) is 0.667. The molecule has 0 aromatic heterocycles. The van der Waals surface area contributed by atoms with Crippen LogP contribution >= 0.6 is 0 Å². The van der Waals surface area contributed by atoms with E-state index in [1.165, 1.54) is 6.42 Å². The highest BCUT2D eigenvalue weighted by Gasteiger charge is 2.39. The topological polar surface area (TPSA) is 29.5 Å². The molecule has 2 nitrogen and oxygen atoms in total. The zero-order valence-electron chi connectivity index (χ0n) is 13.3. The number of aliphatic hydroxyl groups is 1. The van der Waals surface area contributed by atoms with Gasteiger partial charge >= 0.3 is 0 Å². The van der Waals surface area contributed by atoms with E-state index in [0.717, 1.165) is 42.9 Å². The normalized spacial score (nSPS) is 27.4. The minimum absolute atomic E-state index is 0.390. The van der Waals surface area contributed by atoms with Gasteiger partial charge in [-0.2, -0.15) is 0 Å². The number of hydrogen-bond acceptors (Lipinski definition) is 2. The molecule has 1 saturated carbocycles. The van der Waals surface area contributed by atoms with Crippen LogP contribution in [0.3, 0.4) is 0 Å². The molecule has 1 N–H and O–H groups in total. The van der Waals surface area contributed by atoms with Crippen molar-refractivity contribution >= 4 is 0 Å². The number of hydrogen-bond donors (Lipinski definition) is 1. The van der Waals surface area contributed by atoms with Crippen molar-refractivity contribution in [3.8, 4) is 5.75 Å². The maximum absolute atomic E-state index is 10.9. The lowest BCUT2D eigenvalue weighted by molar-refractivity contribution is -0.0328. The summed E-state index contributed by atoms with van der Waals surface area (Å²) in [5.41, 5.74) is 0.777. The van der Waals surface area contributed by atoms with Crippen molar-refractivity contribution < 1.29 is 9.84 Å². The van der Waals surface area contributed by atoms with Gasteiger partial charge in [-0.1, -0.05) is 39.3 Å². The van der Waals surface area contributed by atoms with Crippen LogP contribution in [0.25, 0.3) is 0 Å². The summed E-state index contributed by atoms with van der Waals surface area (Å²) in [6, 6.07) is 7.89. The predicted molar refractivity (Wildman–Crippen MR) is 82.9 cm³/mol. The number of rotatable bonds is 4. The van der Waals surface area contributed by atoms with Crippen molar-refractivity contribution in [2.75, 3.05) is 7.11 Å². The van der Waals surface area contributed by atoms with Gasteiger partial charge in [0.1, 0.15) is 5.75 Å². The quantitative estimate of drug-likeness (QED) is 0.876. The Bertz CT molecular complexity index is 425. The molecule has 0 spiro atoms. The maximum Gasteiger partial charge on any atom is 0.118 e. The Labute approximate surface area is 123 Å². The van der Waals surface area contributed by atoms with E-state index in [9.17, 15) is 5.11 Å². The fourth-order valence-corrected chi connectivity index (χ4v) is 3.36. The molecule has 20 heavy (non-hydrogen) atoms. The van der Waals surface area contributed by atoms with Crippen molar-refractivity contribution in [2.45, 2.75) is 58.5 Å². The number of ether oxygens (including phenoxy) is 1. The highest BCUT2D eigenvalue weighted by atomic mass is 16.5. The standard InChI is InChI=1S/C18H28O2/c1-5-17(2,3)14-10-12-18(19,13-11-14)15-6-8-16(20-4)9-7-15/h6-9,14,19H,5,10-13H2,1-4H3. The van der Waals surface area contributed by atoms with E-state index in [1.807, 2.05) is 24.3 Å². The summed E-state index contributed by atoms with van der Waals surface area (Å²) in [5, 5.41) is 10.9. The van der Waals surface area contributed by atoms with E-state index in [-0.39, 0.29) is 0 Å². The van der Waals surface area contributed by atoms with Gasteiger partial charge in [0.2, 0.25) is 0 Å². The van der Waals surface area contributed by atoms with E-state index in [4.69, 9.17) is 4.74 Å². The third-order valence-corrected chi connectivity index (χ3v) is 5.46. The molecule has 2 heteroatoms. The maximum atomic E-state index is 10.9. The Hall–Kier alpha value is -1.02. The summed E-state index contributed by atoms with van der Waals surface area (Å²) in [5.74, 6) is 1.57. The van der Waals surface area contributed by atoms with Gasteiger partial charge in [-0.05, 0) is 54.7 Å². The van der Waals surface area contributed by atoms with Gasteiger partial charge in [-0.25, -0.2) is 0 Å². The van der Waals surface area contributed by atoms with Gasteiger partial charge in [0.05, 0.1) is 12.7 Å². The van der Waals surface area contributed by atoms with Crippen LogP contribution < -0.4 is 4.74 Å². The first-order valence-corrected chi connectivity index (χ1v) is 7.78. The second-order valence-corrected chi connectivity index (χ2v) is 6.88. The first-order valence-electron chi connectivity index (χ1n) is 7.78. The second kappa shape index (κ2) is 5.77. The third-order valence-electron chi connectivity index (χ3n) is 5.46. The Balaban J connectivity index is 2.07. The molecule has 0 radical (unpaired) electrons. The Morgan fingerprint density at radius 1 is 1.20 bits per heavy atom. The molecule has 0 unspecified atom stereocenters. The second-order valence-electron chi connectivity index (χ2n) is 6.88. The van der Waals surface area contributed by atoms with Crippen molar-refractivity contribution in [1.82, 2.24) is 0 Å². The molecule has 0 atom stereocenters. The van der Waals surface area contributed by atoms with Crippen LogP contribution in [0.5, 0.6) is 5.75 Å². The van der Waals surface area contributed by atoms with Crippen LogP contribution in [0.15, 0.2) is 24.3 Å². The summed E-state index contributed by atoms with van der Waals surface area (Å²) >= 11 is 0. The minimum Gasteiger partial charge on any atom is -0.497 e. The summed E-state index contributed by atoms with van der Waals surface area (Å²) < 4.78 is 5.18. The average Bonchev–Trinajstić information content (AvgIpc) is 2.48. The van der Waals surface area contributed by atoms with Crippen molar-refractivity contribution in [1.29, 1.82) is 0 Å². The number of benzene rings is 1. The Morgan fingerprint density at radius 2 is 1.75 bits per heavy atom. The van der Waals surface area contributed by atoms with Crippen LogP contribution in [0, 0.1) is 11.3 Å². The smallest absolute Gasteiger partial charge is 0.118 e. The Kier molecular flexibility index (Phi) is 4.43. The van der Waals surface area contributed by atoms with Crippen molar-refractivity contribution in [2.24, 2.45) is 11.3 Å². The lowest BCUT2D eigenvalue weighted by Crippen LogP contribution is -2.36. The zero-order chi connectivity index (χ0) is 14.8. The summed E-state index contributed by atoms with van der Waals surface area (Å²) in [4.78, 5) is 0. The lowest BCUT2D eigenvalue weighted by atomic mass is 9.65. The molecule has 0 heterocycles. The van der Waals surface area contributed by atoms with Crippen LogP contribution in [0.1, 0.15) is 58.4 Å². The van der Waals surface area contributed by atoms with Gasteiger partial charge in [0.25, 0.3) is 0 Å². The van der Waals surface area contributed by atoms with E-state index in [1.54, 1.807) is 7.11 Å². The molecule has 2 rings (SSSR count). The SMILES string of the molecule is CCC(C)(C)C1CCC(O)(c2ccc(OC)cc2)CC1. The summed E-state index contributed by atoms with van der Waals surface area (Å²) in [6.07, 6.45) is 5.17. The fourth-order valence-electron chi connectivity index (χ4n) is 3.36. The highest BCUT2D eigenvalue weighted by Crippen LogP contribution is 2.46. The lowest BCUT2D eigenvalue weighted by Gasteiger charge is -2.42. The molecule has 0 amide bonds. The van der Waals surface area contributed by atoms with E-state index in [0.29, 0.717) is 5.41 Å². The summed E-state index contributed by atoms with van der Waals surface area (Å²) in [6.45, 7) is 6.98. The van der Waals surface area contributed by atoms with Crippen LogP contribution in [-0.2, 0) is 5.60 Å². The number of methoxy groups -OCH3 is 1. The van der Waals surface area contributed by atoms with Gasteiger partial charge in [0.15, 0.2) is 0 Å². The monoisotopic (exact) mass is 276 g/mol. The third kappa shape index (κ3) is 3.01. The van der Waals surface area contributed by atoms with Crippen molar-refractivity contribution in [3.05, 3.63) is 29.8 Å². The molecule has 1 aliphatic rings. The van der Waals surface area contributed by atoms with Gasteiger partial charge in [-0.15, -0.1) is 0 Å². The molecule has 112 valence electrons. The van der Waals surface area contributed by atoms with E-state index < -0.39 is 5.60 Å². The first-order chi connectivity index (χ1) is 9.41. The largest absolute Gasteiger partial charge is 0.497 e. The van der Waals surface area contributed by atoms with E-state index >= 15 is 0 Å². The molecule has 1 aliphatic carbocycles. The van der Waals surface area contributed by atoms with Gasteiger partial charge in [-0.3, -0.25) is 0 Å². The molecule has 1 aromatic carbocycles. The van der Waals surface area contributed by atoms with Crippen LogP contribution in [0.4, 0.5) is 0 Å². The van der Waals surface area contributed by atoms with E-state index in [2.05, 4.69) is 20.8 Å². The molecular formula is C18H28O2. The first kappa shape index (κ1) is 15.4. The van der Waals surface area contributed by atoms with Gasteiger partial charge in [0, 0.05) is 0 Å².